The Bertz CT molecular complexity index is 442. The van der Waals surface area contributed by atoms with Gasteiger partial charge in [-0.1, -0.05) is 17.7 Å². The Morgan fingerprint density at radius 2 is 2.17 bits per heavy atom. The number of carbonyl (C=O) groups excluding carboxylic acids is 1. The van der Waals surface area contributed by atoms with Gasteiger partial charge in [-0.2, -0.15) is 0 Å². The molecule has 1 amide bonds. The van der Waals surface area contributed by atoms with Crippen molar-refractivity contribution < 1.29 is 4.79 Å². The first-order valence-corrected chi connectivity index (χ1v) is 6.71. The van der Waals surface area contributed by atoms with Gasteiger partial charge in [-0.25, -0.2) is 0 Å². The van der Waals surface area contributed by atoms with Gasteiger partial charge in [0.15, 0.2) is 0 Å². The summed E-state index contributed by atoms with van der Waals surface area (Å²) in [7, 11) is 0. The lowest BCUT2D eigenvalue weighted by Gasteiger charge is -2.35. The van der Waals surface area contributed by atoms with Crippen molar-refractivity contribution in [2.24, 2.45) is 5.73 Å². The lowest BCUT2D eigenvalue weighted by Crippen LogP contribution is -2.47. The lowest BCUT2D eigenvalue weighted by atomic mass is 9.98. The molecule has 0 radical (unpaired) electrons. The Hall–Kier alpha value is -1.35. The zero-order chi connectivity index (χ0) is 13.1. The highest BCUT2D eigenvalue weighted by atomic mass is 16.2. The van der Waals surface area contributed by atoms with Crippen molar-refractivity contribution >= 4 is 5.91 Å². The molecular formula is C15H22N2O. The topological polar surface area (TPSA) is 46.3 Å². The molecule has 1 aliphatic rings. The summed E-state index contributed by atoms with van der Waals surface area (Å²) >= 11 is 0. The summed E-state index contributed by atoms with van der Waals surface area (Å²) in [4.78, 5) is 14.6. The highest BCUT2D eigenvalue weighted by Crippen LogP contribution is 2.21. The van der Waals surface area contributed by atoms with Crippen molar-refractivity contribution in [2.75, 3.05) is 13.1 Å². The first kappa shape index (κ1) is 13.1. The Morgan fingerprint density at radius 1 is 1.39 bits per heavy atom. The van der Waals surface area contributed by atoms with Crippen molar-refractivity contribution in [2.45, 2.75) is 39.2 Å². The number of amides is 1. The first-order valence-electron chi connectivity index (χ1n) is 6.71. The van der Waals surface area contributed by atoms with Gasteiger partial charge in [0.05, 0.1) is 0 Å². The molecule has 1 heterocycles. The maximum atomic E-state index is 12.6. The van der Waals surface area contributed by atoms with Crippen molar-refractivity contribution in [3.8, 4) is 0 Å². The molecule has 2 N–H and O–H groups in total. The van der Waals surface area contributed by atoms with E-state index in [-0.39, 0.29) is 11.9 Å². The fourth-order valence-corrected chi connectivity index (χ4v) is 2.63. The van der Waals surface area contributed by atoms with Crippen LogP contribution in [-0.2, 0) is 0 Å². The number of benzene rings is 1. The molecule has 18 heavy (non-hydrogen) atoms. The van der Waals surface area contributed by atoms with E-state index in [0.717, 1.165) is 36.1 Å². The van der Waals surface area contributed by atoms with Crippen LogP contribution < -0.4 is 5.73 Å². The number of piperidine rings is 1. The van der Waals surface area contributed by atoms with Gasteiger partial charge >= 0.3 is 0 Å². The third kappa shape index (κ3) is 2.56. The summed E-state index contributed by atoms with van der Waals surface area (Å²) in [5.74, 6) is 0.145. The van der Waals surface area contributed by atoms with Crippen LogP contribution in [0.2, 0.25) is 0 Å². The maximum Gasteiger partial charge on any atom is 0.254 e. The molecule has 1 aromatic carbocycles. The molecule has 3 heteroatoms. The Balaban J connectivity index is 2.26. The number of nitrogens with two attached hydrogens (primary N) is 1. The molecule has 1 fully saturated rings. The van der Waals surface area contributed by atoms with Gasteiger partial charge in [-0.3, -0.25) is 4.79 Å². The monoisotopic (exact) mass is 246 g/mol. The van der Waals surface area contributed by atoms with Crippen LogP contribution in [-0.4, -0.2) is 29.9 Å². The highest BCUT2D eigenvalue weighted by molar-refractivity contribution is 5.96. The maximum absolute atomic E-state index is 12.6. The number of hydrogen-bond donors (Lipinski definition) is 1. The van der Waals surface area contributed by atoms with Gasteiger partial charge in [0.2, 0.25) is 0 Å². The van der Waals surface area contributed by atoms with Crippen molar-refractivity contribution in [3.05, 3.63) is 34.9 Å². The average Bonchev–Trinajstić information content (AvgIpc) is 2.40. The smallest absolute Gasteiger partial charge is 0.254 e. The number of likely N-dealkylation sites (tertiary alicyclic amines) is 1. The Labute approximate surface area is 109 Å². The molecule has 0 aliphatic carbocycles. The van der Waals surface area contributed by atoms with Crippen molar-refractivity contribution in [1.29, 1.82) is 0 Å². The summed E-state index contributed by atoms with van der Waals surface area (Å²) in [5, 5.41) is 0. The SMILES string of the molecule is Cc1ccc(C)c(C(=O)N2CCCC[C@H]2CN)c1. The van der Waals surface area contributed by atoms with Gasteiger partial charge < -0.3 is 10.6 Å². The van der Waals surface area contributed by atoms with E-state index >= 15 is 0 Å². The van der Waals surface area contributed by atoms with Crippen LogP contribution >= 0.6 is 0 Å². The largest absolute Gasteiger partial charge is 0.334 e. The molecule has 1 aliphatic heterocycles. The van der Waals surface area contributed by atoms with Crippen LogP contribution in [0.5, 0.6) is 0 Å². The predicted octanol–water partition coefficient (Wildman–Crippen LogP) is 2.26. The molecule has 0 bridgehead atoms. The number of aryl methyl sites for hydroxylation is 2. The molecule has 3 nitrogen and oxygen atoms in total. The van der Waals surface area contributed by atoms with Crippen LogP contribution in [0, 0.1) is 13.8 Å². The zero-order valence-electron chi connectivity index (χ0n) is 11.3. The molecule has 0 spiro atoms. The van der Waals surface area contributed by atoms with E-state index in [9.17, 15) is 4.79 Å². The third-order valence-electron chi connectivity index (χ3n) is 3.78. The van der Waals surface area contributed by atoms with E-state index in [0.29, 0.717) is 6.54 Å². The van der Waals surface area contributed by atoms with E-state index in [2.05, 4.69) is 0 Å². The fraction of sp³-hybridized carbons (Fsp3) is 0.533. The minimum atomic E-state index is 0.145. The molecule has 2 rings (SSSR count). The molecule has 1 aromatic rings. The summed E-state index contributed by atoms with van der Waals surface area (Å²) in [5.41, 5.74) is 8.79. The van der Waals surface area contributed by atoms with Crippen LogP contribution in [0.15, 0.2) is 18.2 Å². The first-order chi connectivity index (χ1) is 8.63. The van der Waals surface area contributed by atoms with E-state index in [4.69, 9.17) is 5.73 Å². The summed E-state index contributed by atoms with van der Waals surface area (Å²) in [6.45, 7) is 5.42. The summed E-state index contributed by atoms with van der Waals surface area (Å²) in [6, 6.07) is 6.26. The Kier molecular flexibility index (Phi) is 4.02. The number of hydrogen-bond acceptors (Lipinski definition) is 2. The number of nitrogens with zero attached hydrogens (tertiary/aromatic N) is 1. The lowest BCUT2D eigenvalue weighted by molar-refractivity contribution is 0.0622. The predicted molar refractivity (Wildman–Crippen MR) is 73.6 cm³/mol. The quantitative estimate of drug-likeness (QED) is 0.870. The van der Waals surface area contributed by atoms with E-state index in [1.807, 2.05) is 36.9 Å². The molecule has 0 aromatic heterocycles. The second-order valence-corrected chi connectivity index (χ2v) is 5.20. The summed E-state index contributed by atoms with van der Waals surface area (Å²) < 4.78 is 0. The van der Waals surface area contributed by atoms with Crippen LogP contribution in [0.1, 0.15) is 40.7 Å². The van der Waals surface area contributed by atoms with Crippen molar-refractivity contribution in [1.82, 2.24) is 4.90 Å². The van der Waals surface area contributed by atoms with Gasteiger partial charge in [0.25, 0.3) is 5.91 Å². The van der Waals surface area contributed by atoms with Gasteiger partial charge in [0.1, 0.15) is 0 Å². The molecule has 1 atom stereocenters. The summed E-state index contributed by atoms with van der Waals surface area (Å²) in [6.07, 6.45) is 3.30. The molecule has 1 saturated heterocycles. The average molecular weight is 246 g/mol. The second kappa shape index (κ2) is 5.53. The molecule has 0 unspecified atom stereocenters. The molecule has 98 valence electrons. The van der Waals surface area contributed by atoms with Gasteiger partial charge in [0, 0.05) is 24.7 Å². The standard InChI is InChI=1S/C15H22N2O/c1-11-6-7-12(2)14(9-11)15(18)17-8-4-3-5-13(17)10-16/h6-7,9,13H,3-5,8,10,16H2,1-2H3/t13-/m0/s1. The van der Waals surface area contributed by atoms with Crippen molar-refractivity contribution in [3.63, 3.8) is 0 Å². The Morgan fingerprint density at radius 3 is 2.89 bits per heavy atom. The zero-order valence-corrected chi connectivity index (χ0v) is 11.3. The fourth-order valence-electron chi connectivity index (χ4n) is 2.63. The van der Waals surface area contributed by atoms with Gasteiger partial charge in [-0.15, -0.1) is 0 Å². The van der Waals surface area contributed by atoms with Crippen LogP contribution in [0.25, 0.3) is 0 Å². The van der Waals surface area contributed by atoms with Gasteiger partial charge in [-0.05, 0) is 44.7 Å². The molecular weight excluding hydrogens is 224 g/mol. The minimum absolute atomic E-state index is 0.145. The highest BCUT2D eigenvalue weighted by Gasteiger charge is 2.27. The van der Waals surface area contributed by atoms with E-state index in [1.54, 1.807) is 0 Å². The minimum Gasteiger partial charge on any atom is -0.334 e. The number of carbonyl (C=O) groups is 1. The van der Waals surface area contributed by atoms with Crippen LogP contribution in [0.4, 0.5) is 0 Å². The second-order valence-electron chi connectivity index (χ2n) is 5.20. The normalized spacial score (nSPS) is 19.9. The third-order valence-corrected chi connectivity index (χ3v) is 3.78. The van der Waals surface area contributed by atoms with E-state index in [1.165, 1.54) is 6.42 Å². The van der Waals surface area contributed by atoms with E-state index < -0.39 is 0 Å². The van der Waals surface area contributed by atoms with Crippen LogP contribution in [0.3, 0.4) is 0 Å². The molecule has 0 saturated carbocycles. The number of rotatable bonds is 2.